The molecule has 7 heteroatoms. The van der Waals surface area contributed by atoms with Crippen LogP contribution in [-0.4, -0.2) is 72.5 Å². The van der Waals surface area contributed by atoms with Crippen LogP contribution in [0.15, 0.2) is 0 Å². The third-order valence-corrected chi connectivity index (χ3v) is 4.81. The van der Waals surface area contributed by atoms with Gasteiger partial charge in [-0.3, -0.25) is 14.5 Å². The van der Waals surface area contributed by atoms with Gasteiger partial charge in [-0.05, 0) is 26.2 Å². The highest BCUT2D eigenvalue weighted by molar-refractivity contribution is 5.79. The first-order valence-electron chi connectivity index (χ1n) is 8.68. The summed E-state index contributed by atoms with van der Waals surface area (Å²) in [5, 5.41) is 12.6. The van der Waals surface area contributed by atoms with E-state index < -0.39 is 17.6 Å². The van der Waals surface area contributed by atoms with Crippen LogP contribution in [0.1, 0.15) is 34.1 Å². The Bertz CT molecular complexity index is 460. The number of hydrogen-bond acceptors (Lipinski definition) is 5. The predicted octanol–water partition coefficient (Wildman–Crippen LogP) is 0.728. The highest BCUT2D eigenvalue weighted by atomic mass is 16.5. The number of nitrogens with zero attached hydrogens (tertiary/aromatic N) is 1. The average molecular weight is 342 g/mol. The molecule has 138 valence electrons. The summed E-state index contributed by atoms with van der Waals surface area (Å²) in [5.41, 5.74) is -0.392. The Balaban J connectivity index is 2.03. The summed E-state index contributed by atoms with van der Waals surface area (Å²) in [6.45, 7) is 10.3. The van der Waals surface area contributed by atoms with Crippen molar-refractivity contribution in [1.82, 2.24) is 10.2 Å². The van der Waals surface area contributed by atoms with Gasteiger partial charge in [-0.1, -0.05) is 13.8 Å². The van der Waals surface area contributed by atoms with Gasteiger partial charge in [0.25, 0.3) is 0 Å². The molecule has 2 fully saturated rings. The number of rotatable bonds is 6. The lowest BCUT2D eigenvalue weighted by Gasteiger charge is -2.43. The van der Waals surface area contributed by atoms with E-state index in [1.807, 2.05) is 32.6 Å². The van der Waals surface area contributed by atoms with Crippen LogP contribution in [-0.2, 0) is 19.1 Å². The van der Waals surface area contributed by atoms with Crippen LogP contribution in [0.4, 0.5) is 0 Å². The number of carboxylic acid groups (broad SMARTS) is 1. The minimum Gasteiger partial charge on any atom is -0.480 e. The zero-order chi connectivity index (χ0) is 17.9. The number of amides is 1. The Kier molecular flexibility index (Phi) is 6.22. The standard InChI is InChI=1S/C17H30N2O5/c1-11(2)13(18-15(20)12-5-6-23-8-12)7-19-10-17(3,4)24-9-14(19)16(21)22/h11-14H,5-10H2,1-4H3,(H,18,20)(H,21,22)/t12?,13-,14+/m1/s1. The molecular weight excluding hydrogens is 312 g/mol. The van der Waals surface area contributed by atoms with E-state index in [0.29, 0.717) is 26.3 Å². The van der Waals surface area contributed by atoms with Gasteiger partial charge in [-0.25, -0.2) is 0 Å². The lowest BCUT2D eigenvalue weighted by atomic mass is 9.98. The van der Waals surface area contributed by atoms with E-state index in [0.717, 1.165) is 6.42 Å². The highest BCUT2D eigenvalue weighted by Gasteiger charge is 2.39. The van der Waals surface area contributed by atoms with Crippen molar-refractivity contribution in [3.8, 4) is 0 Å². The van der Waals surface area contributed by atoms with Crippen molar-refractivity contribution in [2.45, 2.75) is 51.8 Å². The smallest absolute Gasteiger partial charge is 0.323 e. The fourth-order valence-electron chi connectivity index (χ4n) is 3.19. The van der Waals surface area contributed by atoms with Crippen molar-refractivity contribution >= 4 is 11.9 Å². The van der Waals surface area contributed by atoms with Gasteiger partial charge in [0.05, 0.1) is 24.7 Å². The molecule has 24 heavy (non-hydrogen) atoms. The van der Waals surface area contributed by atoms with Gasteiger partial charge in [0.1, 0.15) is 6.04 Å². The first kappa shape index (κ1) is 19.1. The summed E-state index contributed by atoms with van der Waals surface area (Å²) in [6.07, 6.45) is 0.749. The lowest BCUT2D eigenvalue weighted by Crippen LogP contribution is -2.60. The molecule has 2 saturated heterocycles. The van der Waals surface area contributed by atoms with E-state index in [-0.39, 0.29) is 30.4 Å². The second kappa shape index (κ2) is 7.80. The van der Waals surface area contributed by atoms with Crippen LogP contribution >= 0.6 is 0 Å². The maximum Gasteiger partial charge on any atom is 0.323 e. The Morgan fingerprint density at radius 3 is 2.58 bits per heavy atom. The summed E-state index contributed by atoms with van der Waals surface area (Å²) >= 11 is 0. The maximum atomic E-state index is 12.4. The van der Waals surface area contributed by atoms with Gasteiger partial charge < -0.3 is 19.9 Å². The van der Waals surface area contributed by atoms with Gasteiger partial charge in [-0.15, -0.1) is 0 Å². The molecule has 1 amide bonds. The molecular formula is C17H30N2O5. The Labute approximate surface area is 143 Å². The molecule has 2 N–H and O–H groups in total. The van der Waals surface area contributed by atoms with Crippen molar-refractivity contribution in [2.75, 3.05) is 32.9 Å². The third-order valence-electron chi connectivity index (χ3n) is 4.81. The minimum absolute atomic E-state index is 0.00518. The van der Waals surface area contributed by atoms with Crippen molar-refractivity contribution in [1.29, 1.82) is 0 Å². The molecule has 0 bridgehead atoms. The van der Waals surface area contributed by atoms with E-state index in [4.69, 9.17) is 9.47 Å². The SMILES string of the molecule is CC(C)[C@@H](CN1CC(C)(C)OC[C@H]1C(=O)O)NC(=O)C1CCOC1. The first-order chi connectivity index (χ1) is 11.2. The molecule has 2 heterocycles. The van der Waals surface area contributed by atoms with Crippen molar-refractivity contribution in [3.05, 3.63) is 0 Å². The highest BCUT2D eigenvalue weighted by Crippen LogP contribution is 2.22. The molecule has 2 aliphatic rings. The molecule has 0 aromatic heterocycles. The first-order valence-corrected chi connectivity index (χ1v) is 8.68. The molecule has 0 aliphatic carbocycles. The molecule has 2 aliphatic heterocycles. The van der Waals surface area contributed by atoms with Crippen LogP contribution in [0.5, 0.6) is 0 Å². The predicted molar refractivity (Wildman–Crippen MR) is 88.7 cm³/mol. The summed E-state index contributed by atoms with van der Waals surface area (Å²) in [6, 6.07) is -0.778. The van der Waals surface area contributed by atoms with Gasteiger partial charge in [-0.2, -0.15) is 0 Å². The van der Waals surface area contributed by atoms with E-state index in [1.165, 1.54) is 0 Å². The molecule has 2 rings (SSSR count). The Hall–Kier alpha value is -1.18. The van der Waals surface area contributed by atoms with E-state index in [1.54, 1.807) is 0 Å². The molecule has 0 aromatic rings. The number of hydrogen-bond donors (Lipinski definition) is 2. The third kappa shape index (κ3) is 4.91. The summed E-state index contributed by atoms with van der Waals surface area (Å²) < 4.78 is 10.9. The van der Waals surface area contributed by atoms with E-state index >= 15 is 0 Å². The van der Waals surface area contributed by atoms with Gasteiger partial charge >= 0.3 is 5.97 Å². The molecule has 0 aromatic carbocycles. The normalized spacial score (nSPS) is 28.7. The molecule has 0 radical (unpaired) electrons. The quantitative estimate of drug-likeness (QED) is 0.740. The van der Waals surface area contributed by atoms with Crippen LogP contribution < -0.4 is 5.32 Å². The average Bonchev–Trinajstić information content (AvgIpc) is 2.99. The van der Waals surface area contributed by atoms with Crippen LogP contribution in [0.3, 0.4) is 0 Å². The molecule has 7 nitrogen and oxygen atoms in total. The number of morpholine rings is 1. The lowest BCUT2D eigenvalue weighted by molar-refractivity contribution is -0.163. The van der Waals surface area contributed by atoms with Gasteiger partial charge in [0, 0.05) is 25.7 Å². The molecule has 0 saturated carbocycles. The monoisotopic (exact) mass is 342 g/mol. The fourth-order valence-corrected chi connectivity index (χ4v) is 3.19. The van der Waals surface area contributed by atoms with Crippen LogP contribution in [0.25, 0.3) is 0 Å². The maximum absolute atomic E-state index is 12.4. The summed E-state index contributed by atoms with van der Waals surface area (Å²) in [7, 11) is 0. The number of carbonyl (C=O) groups is 2. The second-order valence-corrected chi connectivity index (χ2v) is 7.77. The van der Waals surface area contributed by atoms with Crippen molar-refractivity contribution in [3.63, 3.8) is 0 Å². The summed E-state index contributed by atoms with van der Waals surface area (Å²) in [5.74, 6) is -0.770. The zero-order valence-electron chi connectivity index (χ0n) is 15.1. The second-order valence-electron chi connectivity index (χ2n) is 7.77. The van der Waals surface area contributed by atoms with Crippen molar-refractivity contribution in [2.24, 2.45) is 11.8 Å². The number of carbonyl (C=O) groups excluding carboxylic acids is 1. The number of nitrogens with one attached hydrogen (secondary N) is 1. The summed E-state index contributed by atoms with van der Waals surface area (Å²) in [4.78, 5) is 25.8. The van der Waals surface area contributed by atoms with Crippen molar-refractivity contribution < 1.29 is 24.2 Å². The molecule has 1 unspecified atom stereocenters. The largest absolute Gasteiger partial charge is 0.480 e. The van der Waals surface area contributed by atoms with Gasteiger partial charge in [0.15, 0.2) is 0 Å². The number of aliphatic carboxylic acids is 1. The number of carboxylic acids is 1. The van der Waals surface area contributed by atoms with Crippen LogP contribution in [0.2, 0.25) is 0 Å². The van der Waals surface area contributed by atoms with E-state index in [2.05, 4.69) is 5.32 Å². The Morgan fingerprint density at radius 1 is 1.33 bits per heavy atom. The number of ether oxygens (including phenoxy) is 2. The topological polar surface area (TPSA) is 88.1 Å². The van der Waals surface area contributed by atoms with Crippen LogP contribution in [0, 0.1) is 11.8 Å². The molecule has 0 spiro atoms. The van der Waals surface area contributed by atoms with E-state index in [9.17, 15) is 14.7 Å². The van der Waals surface area contributed by atoms with Gasteiger partial charge in [0.2, 0.25) is 5.91 Å². The minimum atomic E-state index is -0.886. The Morgan fingerprint density at radius 2 is 2.04 bits per heavy atom. The zero-order valence-corrected chi connectivity index (χ0v) is 15.1. The fraction of sp³-hybridized carbons (Fsp3) is 0.882. The molecule has 3 atom stereocenters.